The SMILES string of the molecule is Cc1nc(-c2ccccc2)sc1C(=O)OCC(=O)NC(=O)NC1CCCC1. The van der Waals surface area contributed by atoms with Gasteiger partial charge in [0.05, 0.1) is 5.69 Å². The highest BCUT2D eigenvalue weighted by atomic mass is 32.1. The summed E-state index contributed by atoms with van der Waals surface area (Å²) in [5.74, 6) is -1.29. The van der Waals surface area contributed by atoms with E-state index in [9.17, 15) is 14.4 Å². The maximum absolute atomic E-state index is 12.2. The fourth-order valence-electron chi connectivity index (χ4n) is 2.94. The largest absolute Gasteiger partial charge is 0.451 e. The van der Waals surface area contributed by atoms with Crippen LogP contribution in [0.2, 0.25) is 0 Å². The van der Waals surface area contributed by atoms with Crippen molar-refractivity contribution in [2.24, 2.45) is 0 Å². The topological polar surface area (TPSA) is 97.4 Å². The molecule has 0 aliphatic heterocycles. The first kappa shape index (κ1) is 19.0. The summed E-state index contributed by atoms with van der Waals surface area (Å²) in [5, 5.41) is 5.63. The second kappa shape index (κ2) is 8.77. The van der Waals surface area contributed by atoms with E-state index in [4.69, 9.17) is 4.74 Å². The number of benzene rings is 1. The molecular formula is C19H21N3O4S. The van der Waals surface area contributed by atoms with Gasteiger partial charge in [-0.1, -0.05) is 43.2 Å². The Bertz CT molecular complexity index is 829. The van der Waals surface area contributed by atoms with Gasteiger partial charge in [0, 0.05) is 11.6 Å². The van der Waals surface area contributed by atoms with Crippen LogP contribution in [0.5, 0.6) is 0 Å². The Labute approximate surface area is 161 Å². The molecule has 0 unspecified atom stereocenters. The van der Waals surface area contributed by atoms with Crippen molar-refractivity contribution >= 4 is 29.2 Å². The average molecular weight is 387 g/mol. The number of nitrogens with one attached hydrogen (secondary N) is 2. The van der Waals surface area contributed by atoms with E-state index in [1.165, 1.54) is 11.3 Å². The molecule has 1 fully saturated rings. The molecule has 0 bridgehead atoms. The Hall–Kier alpha value is -2.74. The molecule has 7 nitrogen and oxygen atoms in total. The van der Waals surface area contributed by atoms with Crippen molar-refractivity contribution in [3.8, 4) is 10.6 Å². The van der Waals surface area contributed by atoms with Gasteiger partial charge in [-0.15, -0.1) is 11.3 Å². The molecule has 0 spiro atoms. The molecule has 2 N–H and O–H groups in total. The van der Waals surface area contributed by atoms with Gasteiger partial charge in [-0.2, -0.15) is 0 Å². The molecule has 1 aromatic carbocycles. The first-order valence-corrected chi connectivity index (χ1v) is 9.65. The van der Waals surface area contributed by atoms with Gasteiger partial charge in [0.15, 0.2) is 6.61 Å². The van der Waals surface area contributed by atoms with Crippen molar-refractivity contribution in [2.45, 2.75) is 38.6 Å². The number of thiazole rings is 1. The molecule has 8 heteroatoms. The summed E-state index contributed by atoms with van der Waals surface area (Å²) in [4.78, 5) is 40.5. The van der Waals surface area contributed by atoms with Gasteiger partial charge >= 0.3 is 12.0 Å². The Morgan fingerprint density at radius 1 is 1.19 bits per heavy atom. The van der Waals surface area contributed by atoms with E-state index >= 15 is 0 Å². The molecule has 142 valence electrons. The van der Waals surface area contributed by atoms with Crippen LogP contribution in [-0.4, -0.2) is 35.5 Å². The molecule has 2 aromatic rings. The van der Waals surface area contributed by atoms with Crippen LogP contribution in [0.15, 0.2) is 30.3 Å². The van der Waals surface area contributed by atoms with E-state index in [0.29, 0.717) is 15.6 Å². The lowest BCUT2D eigenvalue weighted by molar-refractivity contribution is -0.123. The van der Waals surface area contributed by atoms with Crippen molar-refractivity contribution in [2.75, 3.05) is 6.61 Å². The number of amides is 3. The highest BCUT2D eigenvalue weighted by molar-refractivity contribution is 7.17. The molecule has 1 aromatic heterocycles. The van der Waals surface area contributed by atoms with Crippen LogP contribution in [0.3, 0.4) is 0 Å². The number of rotatable bonds is 5. The highest BCUT2D eigenvalue weighted by Gasteiger charge is 2.21. The Morgan fingerprint density at radius 3 is 2.59 bits per heavy atom. The Balaban J connectivity index is 1.51. The summed E-state index contributed by atoms with van der Waals surface area (Å²) in [5.41, 5.74) is 1.45. The van der Waals surface area contributed by atoms with Crippen molar-refractivity contribution in [1.29, 1.82) is 0 Å². The summed E-state index contributed by atoms with van der Waals surface area (Å²) in [6.07, 6.45) is 4.00. The number of imide groups is 1. The van der Waals surface area contributed by atoms with Crippen LogP contribution in [0.25, 0.3) is 10.6 Å². The first-order valence-electron chi connectivity index (χ1n) is 8.83. The highest BCUT2D eigenvalue weighted by Crippen LogP contribution is 2.28. The predicted octanol–water partition coefficient (Wildman–Crippen LogP) is 3.04. The quantitative estimate of drug-likeness (QED) is 0.769. The number of nitrogens with zero attached hydrogens (tertiary/aromatic N) is 1. The van der Waals surface area contributed by atoms with Crippen molar-refractivity contribution < 1.29 is 19.1 Å². The summed E-state index contributed by atoms with van der Waals surface area (Å²) in [6, 6.07) is 9.06. The van der Waals surface area contributed by atoms with Crippen LogP contribution in [0.1, 0.15) is 41.0 Å². The molecule has 1 aliphatic carbocycles. The molecule has 3 amide bonds. The maximum Gasteiger partial charge on any atom is 0.350 e. The van der Waals surface area contributed by atoms with E-state index in [1.54, 1.807) is 6.92 Å². The third kappa shape index (κ3) is 5.13. The number of carbonyl (C=O) groups is 3. The summed E-state index contributed by atoms with van der Waals surface area (Å²) >= 11 is 1.21. The third-order valence-corrected chi connectivity index (χ3v) is 5.47. The fourth-order valence-corrected chi connectivity index (χ4v) is 3.91. The lowest BCUT2D eigenvalue weighted by Crippen LogP contribution is -2.44. The van der Waals surface area contributed by atoms with Crippen molar-refractivity contribution in [1.82, 2.24) is 15.6 Å². The molecular weight excluding hydrogens is 366 g/mol. The van der Waals surface area contributed by atoms with Crippen LogP contribution in [0.4, 0.5) is 4.79 Å². The molecule has 1 saturated carbocycles. The molecule has 0 radical (unpaired) electrons. The minimum atomic E-state index is -0.663. The van der Waals surface area contributed by atoms with Crippen LogP contribution >= 0.6 is 11.3 Å². The second-order valence-corrected chi connectivity index (χ2v) is 7.38. The fraction of sp³-hybridized carbons (Fsp3) is 0.368. The monoisotopic (exact) mass is 387 g/mol. The summed E-state index contributed by atoms with van der Waals surface area (Å²) in [6.45, 7) is 1.20. The molecule has 1 heterocycles. The number of aromatic nitrogens is 1. The molecule has 3 rings (SSSR count). The number of carbonyl (C=O) groups excluding carboxylic acids is 3. The smallest absolute Gasteiger partial charge is 0.350 e. The lowest BCUT2D eigenvalue weighted by atomic mass is 10.2. The number of hydrogen-bond donors (Lipinski definition) is 2. The summed E-state index contributed by atoms with van der Waals surface area (Å²) in [7, 11) is 0. The average Bonchev–Trinajstić information content (AvgIpc) is 3.30. The van der Waals surface area contributed by atoms with Crippen molar-refractivity contribution in [3.05, 3.63) is 40.9 Å². The van der Waals surface area contributed by atoms with Gasteiger partial charge in [-0.3, -0.25) is 10.1 Å². The molecule has 1 aliphatic rings. The van der Waals surface area contributed by atoms with Gasteiger partial charge in [0.25, 0.3) is 5.91 Å². The first-order chi connectivity index (χ1) is 13.0. The zero-order valence-corrected chi connectivity index (χ0v) is 15.8. The van der Waals surface area contributed by atoms with Crippen LogP contribution < -0.4 is 10.6 Å². The number of ether oxygens (including phenoxy) is 1. The zero-order valence-electron chi connectivity index (χ0n) is 15.0. The van der Waals surface area contributed by atoms with Gasteiger partial charge in [-0.25, -0.2) is 14.6 Å². The van der Waals surface area contributed by atoms with E-state index in [-0.39, 0.29) is 6.04 Å². The lowest BCUT2D eigenvalue weighted by Gasteiger charge is -2.12. The van der Waals surface area contributed by atoms with E-state index in [2.05, 4.69) is 15.6 Å². The van der Waals surface area contributed by atoms with Gasteiger partial charge in [0.1, 0.15) is 9.88 Å². The van der Waals surface area contributed by atoms with Gasteiger partial charge in [0.2, 0.25) is 0 Å². The second-order valence-electron chi connectivity index (χ2n) is 6.38. The minimum absolute atomic E-state index is 0.108. The number of esters is 1. The molecule has 0 saturated heterocycles. The van der Waals surface area contributed by atoms with E-state index in [0.717, 1.165) is 31.2 Å². The van der Waals surface area contributed by atoms with Crippen LogP contribution in [-0.2, 0) is 9.53 Å². The normalized spacial score (nSPS) is 14.0. The summed E-state index contributed by atoms with van der Waals surface area (Å²) < 4.78 is 5.03. The minimum Gasteiger partial charge on any atom is -0.451 e. The van der Waals surface area contributed by atoms with Gasteiger partial charge < -0.3 is 10.1 Å². The number of hydrogen-bond acceptors (Lipinski definition) is 6. The number of aryl methyl sites for hydroxylation is 1. The predicted molar refractivity (Wildman–Crippen MR) is 101 cm³/mol. The zero-order chi connectivity index (χ0) is 19.2. The van der Waals surface area contributed by atoms with Crippen molar-refractivity contribution in [3.63, 3.8) is 0 Å². The molecule has 27 heavy (non-hydrogen) atoms. The Kier molecular flexibility index (Phi) is 6.18. The van der Waals surface area contributed by atoms with Crippen LogP contribution in [0, 0.1) is 6.92 Å². The third-order valence-electron chi connectivity index (χ3n) is 4.28. The standard InChI is InChI=1S/C19H21N3O4S/c1-12-16(27-17(20-12)13-7-3-2-4-8-13)18(24)26-11-15(23)22-19(25)21-14-9-5-6-10-14/h2-4,7-8,14H,5-6,9-11H2,1H3,(H2,21,22,23,25). The van der Waals surface area contributed by atoms with Gasteiger partial charge in [-0.05, 0) is 19.8 Å². The maximum atomic E-state index is 12.2. The van der Waals surface area contributed by atoms with E-state index < -0.39 is 24.5 Å². The van der Waals surface area contributed by atoms with E-state index in [1.807, 2.05) is 30.3 Å². The Morgan fingerprint density at radius 2 is 1.89 bits per heavy atom. The molecule has 0 atom stereocenters. The number of urea groups is 1.